The van der Waals surface area contributed by atoms with Crippen LogP contribution in [-0.2, 0) is 28.7 Å². The van der Waals surface area contributed by atoms with Crippen LogP contribution in [0, 0.1) is 0 Å². The van der Waals surface area contributed by atoms with E-state index in [4.69, 9.17) is 22.1 Å². The fourth-order valence-corrected chi connectivity index (χ4v) is 8.17. The van der Waals surface area contributed by atoms with Crippen molar-refractivity contribution >= 4 is 52.3 Å². The number of thiophene rings is 1. The van der Waals surface area contributed by atoms with Crippen LogP contribution in [0.15, 0.2) is 23.6 Å². The molecule has 262 valence electrons. The summed E-state index contributed by atoms with van der Waals surface area (Å²) in [5.41, 5.74) is 4.85. The first kappa shape index (κ1) is 34.6. The second-order valence-corrected chi connectivity index (χ2v) is 14.5. The zero-order valence-corrected chi connectivity index (χ0v) is 28.4. The normalized spacial score (nSPS) is 21.2. The molecule has 4 amide bonds. The molecule has 6 rings (SSSR count). The number of rotatable bonds is 6. The van der Waals surface area contributed by atoms with Crippen molar-refractivity contribution in [1.29, 1.82) is 0 Å². The van der Waals surface area contributed by atoms with Gasteiger partial charge in [0, 0.05) is 75.7 Å². The summed E-state index contributed by atoms with van der Waals surface area (Å²) in [7, 11) is 2.10. The minimum Gasteiger partial charge on any atom is -0.436 e. The summed E-state index contributed by atoms with van der Waals surface area (Å²) >= 11 is 7.67. The van der Waals surface area contributed by atoms with Crippen molar-refractivity contribution in [1.82, 2.24) is 24.5 Å². The second kappa shape index (κ2) is 14.3. The maximum Gasteiger partial charge on any atom is 0.418 e. The van der Waals surface area contributed by atoms with Crippen molar-refractivity contribution in [2.24, 2.45) is 0 Å². The predicted molar refractivity (Wildman–Crippen MR) is 177 cm³/mol. The predicted octanol–water partition coefficient (Wildman–Crippen LogP) is 4.80. The quantitative estimate of drug-likeness (QED) is 0.414. The van der Waals surface area contributed by atoms with Gasteiger partial charge in [-0.25, -0.2) is 9.59 Å². The van der Waals surface area contributed by atoms with Crippen LogP contribution >= 0.6 is 22.9 Å². The number of anilines is 2. The fraction of sp³-hybridized carbons (Fsp3) is 0.594. The SMILES string of the molecule is CN1CCN(C2CCN(C(=O)[C@@H](Cc3cc(Cl)c(N)c(C(F)(F)F)c3)OC(=O)N3CCC(N4Cc5sccc5NC4=O)CC3)CC2)CC1. The highest BCUT2D eigenvalue weighted by Gasteiger charge is 2.38. The van der Waals surface area contributed by atoms with E-state index in [1.165, 1.54) is 11.0 Å². The van der Waals surface area contributed by atoms with E-state index in [1.807, 2.05) is 11.4 Å². The van der Waals surface area contributed by atoms with E-state index in [1.54, 1.807) is 21.1 Å². The number of amides is 4. The third kappa shape index (κ3) is 7.63. The Labute approximate surface area is 286 Å². The molecule has 3 fully saturated rings. The highest BCUT2D eigenvalue weighted by Crippen LogP contribution is 2.38. The Morgan fingerprint density at radius 3 is 2.33 bits per heavy atom. The van der Waals surface area contributed by atoms with Gasteiger partial charge in [-0.15, -0.1) is 11.3 Å². The second-order valence-electron chi connectivity index (χ2n) is 13.0. The summed E-state index contributed by atoms with van der Waals surface area (Å²) in [6.07, 6.45) is -4.58. The Balaban J connectivity index is 1.13. The van der Waals surface area contributed by atoms with Crippen LogP contribution in [0.3, 0.4) is 0 Å². The van der Waals surface area contributed by atoms with Gasteiger partial charge in [0.25, 0.3) is 5.91 Å². The molecule has 3 saturated heterocycles. The van der Waals surface area contributed by atoms with Gasteiger partial charge in [-0.2, -0.15) is 13.2 Å². The van der Waals surface area contributed by atoms with E-state index < -0.39 is 35.5 Å². The van der Waals surface area contributed by atoms with Gasteiger partial charge in [0.2, 0.25) is 0 Å². The molecule has 0 saturated carbocycles. The first-order chi connectivity index (χ1) is 22.9. The van der Waals surface area contributed by atoms with Crippen molar-refractivity contribution in [3.05, 3.63) is 44.6 Å². The summed E-state index contributed by atoms with van der Waals surface area (Å²) in [6.45, 7) is 5.90. The molecule has 48 heavy (non-hydrogen) atoms. The van der Waals surface area contributed by atoms with Gasteiger partial charge in [-0.05, 0) is 61.9 Å². The van der Waals surface area contributed by atoms with Gasteiger partial charge < -0.3 is 35.4 Å². The number of nitrogen functional groups attached to an aromatic ring is 1. The number of likely N-dealkylation sites (tertiary alicyclic amines) is 2. The number of hydrogen-bond acceptors (Lipinski definition) is 8. The standard InChI is InChI=1S/C32H41ClF3N7O4S/c1-39-11-13-40(14-12-39)21-2-7-41(8-3-21)29(44)26(18-20-16-23(32(34,35)36)28(37)24(33)17-20)47-31(46)42-9-4-22(5-10-42)43-19-27-25(6-15-48-27)38-30(43)45/h6,15-17,21-22,26H,2-5,7-14,18-19,37H2,1H3,(H,38,45)/t26-/m1/s1. The molecule has 0 unspecified atom stereocenters. The topological polar surface area (TPSA) is 115 Å². The smallest absolute Gasteiger partial charge is 0.418 e. The lowest BCUT2D eigenvalue weighted by molar-refractivity contribution is -0.142. The number of fused-ring (bicyclic) bond motifs is 1. The van der Waals surface area contributed by atoms with Crippen molar-refractivity contribution in [2.45, 2.75) is 63.0 Å². The molecule has 16 heteroatoms. The van der Waals surface area contributed by atoms with E-state index >= 15 is 0 Å². The molecule has 0 radical (unpaired) electrons. The number of benzene rings is 1. The number of carbonyl (C=O) groups excluding carboxylic acids is 3. The van der Waals surface area contributed by atoms with Crippen molar-refractivity contribution in [3.8, 4) is 0 Å². The van der Waals surface area contributed by atoms with E-state index in [2.05, 4.69) is 22.2 Å². The van der Waals surface area contributed by atoms with Crippen LogP contribution in [0.1, 0.15) is 41.7 Å². The van der Waals surface area contributed by atoms with Crippen LogP contribution in [0.2, 0.25) is 5.02 Å². The molecule has 1 atom stereocenters. The maximum absolute atomic E-state index is 13.9. The minimum atomic E-state index is -4.76. The van der Waals surface area contributed by atoms with Crippen LogP contribution < -0.4 is 11.1 Å². The van der Waals surface area contributed by atoms with Crippen LogP contribution in [-0.4, -0.2) is 120 Å². The average molecular weight is 712 g/mol. The molecule has 0 aliphatic carbocycles. The number of likely N-dealkylation sites (N-methyl/N-ethyl adjacent to an activating group) is 1. The molecule has 4 aliphatic rings. The fourth-order valence-electron chi connectivity index (χ4n) is 7.10. The summed E-state index contributed by atoms with van der Waals surface area (Å²) in [5.74, 6) is -0.451. The third-order valence-electron chi connectivity index (χ3n) is 9.99. The van der Waals surface area contributed by atoms with E-state index in [9.17, 15) is 27.6 Å². The highest BCUT2D eigenvalue weighted by atomic mass is 35.5. The molecule has 5 heterocycles. The number of nitrogens with zero attached hydrogens (tertiary/aromatic N) is 5. The van der Waals surface area contributed by atoms with Gasteiger partial charge in [0.15, 0.2) is 6.10 Å². The highest BCUT2D eigenvalue weighted by molar-refractivity contribution is 7.10. The molecule has 1 aromatic heterocycles. The Morgan fingerprint density at radius 2 is 1.67 bits per heavy atom. The van der Waals surface area contributed by atoms with Gasteiger partial charge in [-0.1, -0.05) is 11.6 Å². The largest absolute Gasteiger partial charge is 0.436 e. The van der Waals surface area contributed by atoms with E-state index in [-0.39, 0.29) is 29.1 Å². The number of piperidine rings is 2. The number of ether oxygens (including phenoxy) is 1. The Bertz CT molecular complexity index is 1500. The third-order valence-corrected chi connectivity index (χ3v) is 11.2. The molecule has 3 N–H and O–H groups in total. The number of alkyl halides is 3. The van der Waals surface area contributed by atoms with Crippen molar-refractivity contribution < 1.29 is 32.3 Å². The number of hydrogen-bond donors (Lipinski definition) is 2. The van der Waals surface area contributed by atoms with Crippen LogP contribution in [0.5, 0.6) is 0 Å². The summed E-state index contributed by atoms with van der Waals surface area (Å²) in [6, 6.07) is 4.11. The van der Waals surface area contributed by atoms with Crippen molar-refractivity contribution in [3.63, 3.8) is 0 Å². The molecule has 0 bridgehead atoms. The maximum atomic E-state index is 13.9. The summed E-state index contributed by atoms with van der Waals surface area (Å²) < 4.78 is 47.1. The zero-order chi connectivity index (χ0) is 34.2. The lowest BCUT2D eigenvalue weighted by atomic mass is 9.99. The van der Waals surface area contributed by atoms with Crippen molar-refractivity contribution in [2.75, 3.05) is 70.5 Å². The van der Waals surface area contributed by atoms with E-state index in [0.717, 1.165) is 55.7 Å². The molecule has 11 nitrogen and oxygen atoms in total. The molecule has 1 aromatic carbocycles. The van der Waals surface area contributed by atoms with Crippen LogP contribution in [0.4, 0.5) is 34.1 Å². The number of carbonyl (C=O) groups is 3. The van der Waals surface area contributed by atoms with Gasteiger partial charge in [0.1, 0.15) is 0 Å². The lowest BCUT2D eigenvalue weighted by Crippen LogP contribution is -2.54. The average Bonchev–Trinajstić information content (AvgIpc) is 3.52. The van der Waals surface area contributed by atoms with Gasteiger partial charge >= 0.3 is 18.3 Å². The summed E-state index contributed by atoms with van der Waals surface area (Å²) in [5, 5.41) is 4.56. The lowest BCUT2D eigenvalue weighted by Gasteiger charge is -2.42. The minimum absolute atomic E-state index is 0.0824. The Morgan fingerprint density at radius 1 is 1.02 bits per heavy atom. The Kier molecular flexibility index (Phi) is 10.3. The monoisotopic (exact) mass is 711 g/mol. The molecular formula is C32H41ClF3N7O4S. The first-order valence-electron chi connectivity index (χ1n) is 16.3. The first-order valence-corrected chi connectivity index (χ1v) is 17.6. The van der Waals surface area contributed by atoms with Gasteiger partial charge in [0.05, 0.1) is 28.5 Å². The Hall–Kier alpha value is -3.27. The number of halogens is 4. The van der Waals surface area contributed by atoms with Crippen LogP contribution in [0.25, 0.3) is 0 Å². The molecule has 0 spiro atoms. The zero-order valence-electron chi connectivity index (χ0n) is 26.8. The number of nitrogens with one attached hydrogen (secondary N) is 1. The summed E-state index contributed by atoms with van der Waals surface area (Å²) in [4.78, 5) is 50.9. The molecular weight excluding hydrogens is 671 g/mol. The number of urea groups is 1. The number of nitrogens with two attached hydrogens (primary N) is 1. The molecule has 2 aromatic rings. The van der Waals surface area contributed by atoms with E-state index in [0.29, 0.717) is 51.6 Å². The number of piperazine rings is 1. The molecule has 4 aliphatic heterocycles. The van der Waals surface area contributed by atoms with Gasteiger partial charge in [-0.3, -0.25) is 9.69 Å².